The highest BCUT2D eigenvalue weighted by atomic mass is 32.3. The fourth-order valence-corrected chi connectivity index (χ4v) is 1.14. The van der Waals surface area contributed by atoms with Crippen molar-refractivity contribution in [2.24, 2.45) is 5.92 Å². The Morgan fingerprint density at radius 3 is 2.33 bits per heavy atom. The van der Waals surface area contributed by atoms with Crippen LogP contribution in [0.1, 0.15) is 20.3 Å². The van der Waals surface area contributed by atoms with Gasteiger partial charge in [-0.05, 0) is 12.3 Å². The largest absolute Gasteiger partial charge is 0.398 e. The number of rotatable bonds is 4. The summed E-state index contributed by atoms with van der Waals surface area (Å²) in [7, 11) is -4.42. The van der Waals surface area contributed by atoms with Gasteiger partial charge in [0.1, 0.15) is 6.10 Å². The molecule has 0 aromatic heterocycles. The van der Waals surface area contributed by atoms with Crippen molar-refractivity contribution in [1.29, 1.82) is 0 Å². The minimum Gasteiger partial charge on any atom is -0.263 e. The van der Waals surface area contributed by atoms with Crippen molar-refractivity contribution in [1.82, 2.24) is 0 Å². The monoisotopic (exact) mass is 192 g/mol. The van der Waals surface area contributed by atoms with Gasteiger partial charge < -0.3 is 0 Å². The van der Waals surface area contributed by atoms with Crippen molar-refractivity contribution >= 4 is 10.4 Å². The predicted molar refractivity (Wildman–Crippen MR) is 44.7 cm³/mol. The van der Waals surface area contributed by atoms with E-state index >= 15 is 0 Å². The molecule has 0 aliphatic heterocycles. The van der Waals surface area contributed by atoms with Crippen LogP contribution in [0.25, 0.3) is 0 Å². The Hall–Kier alpha value is -0.570. The first-order chi connectivity index (χ1) is 5.35. The van der Waals surface area contributed by atoms with Crippen LogP contribution in [0.3, 0.4) is 0 Å². The van der Waals surface area contributed by atoms with E-state index in [0.717, 1.165) is 0 Å². The second-order valence-electron chi connectivity index (χ2n) is 2.81. The summed E-state index contributed by atoms with van der Waals surface area (Å²) >= 11 is 0. The average molecular weight is 192 g/mol. The lowest BCUT2D eigenvalue weighted by Crippen LogP contribution is -2.17. The van der Waals surface area contributed by atoms with Gasteiger partial charge >= 0.3 is 10.4 Å². The quantitative estimate of drug-likeness (QED) is 0.530. The fraction of sp³-hybridized carbons (Fsp3) is 0.714. The molecule has 12 heavy (non-hydrogen) atoms. The second kappa shape index (κ2) is 4.45. The van der Waals surface area contributed by atoms with Crippen LogP contribution in [0.2, 0.25) is 0 Å². The van der Waals surface area contributed by atoms with Crippen LogP contribution in [0.15, 0.2) is 0 Å². The van der Waals surface area contributed by atoms with Crippen molar-refractivity contribution in [3.63, 3.8) is 0 Å². The zero-order chi connectivity index (χ0) is 9.78. The van der Waals surface area contributed by atoms with Gasteiger partial charge in [0.25, 0.3) is 0 Å². The molecule has 0 heterocycles. The van der Waals surface area contributed by atoms with Crippen LogP contribution in [-0.4, -0.2) is 19.1 Å². The second-order valence-corrected chi connectivity index (χ2v) is 3.86. The van der Waals surface area contributed by atoms with Gasteiger partial charge in [-0.1, -0.05) is 19.8 Å². The summed E-state index contributed by atoms with van der Waals surface area (Å²) in [6, 6.07) is 0. The molecule has 0 bridgehead atoms. The van der Waals surface area contributed by atoms with E-state index in [1.807, 2.05) is 13.8 Å². The lowest BCUT2D eigenvalue weighted by molar-refractivity contribution is 0.204. The third-order valence-corrected chi connectivity index (χ3v) is 1.58. The van der Waals surface area contributed by atoms with E-state index in [2.05, 4.69) is 10.1 Å². The average Bonchev–Trinajstić information content (AvgIpc) is 1.82. The summed E-state index contributed by atoms with van der Waals surface area (Å²) in [6.07, 6.45) is 4.50. The maximum atomic E-state index is 10.2. The molecule has 0 amide bonds. The predicted octanol–water partition coefficient (Wildman–Crippen LogP) is 0.854. The minimum atomic E-state index is -4.42. The molecule has 0 radical (unpaired) electrons. The smallest absolute Gasteiger partial charge is 0.263 e. The topological polar surface area (TPSA) is 63.6 Å². The summed E-state index contributed by atoms with van der Waals surface area (Å²) in [5.41, 5.74) is 0. The van der Waals surface area contributed by atoms with Gasteiger partial charge in [-0.3, -0.25) is 4.55 Å². The Kier molecular flexibility index (Phi) is 4.24. The van der Waals surface area contributed by atoms with Gasteiger partial charge in [0, 0.05) is 0 Å². The first-order valence-electron chi connectivity index (χ1n) is 3.47. The Bertz CT molecular complexity index is 260. The fourth-order valence-electron chi connectivity index (χ4n) is 0.710. The van der Waals surface area contributed by atoms with Gasteiger partial charge in [0.15, 0.2) is 0 Å². The van der Waals surface area contributed by atoms with Crippen LogP contribution in [0.5, 0.6) is 0 Å². The Morgan fingerprint density at radius 1 is 1.58 bits per heavy atom. The summed E-state index contributed by atoms with van der Waals surface area (Å²) in [4.78, 5) is 0. The molecule has 1 N–H and O–H groups in total. The molecular formula is C7H12O4S. The van der Waals surface area contributed by atoms with E-state index in [1.54, 1.807) is 0 Å². The Balaban J connectivity index is 4.13. The highest BCUT2D eigenvalue weighted by Gasteiger charge is 2.15. The van der Waals surface area contributed by atoms with Gasteiger partial charge in [-0.25, -0.2) is 4.18 Å². The van der Waals surface area contributed by atoms with Crippen LogP contribution < -0.4 is 0 Å². The van der Waals surface area contributed by atoms with Gasteiger partial charge in [0.2, 0.25) is 0 Å². The number of terminal acetylenes is 1. The zero-order valence-corrected chi connectivity index (χ0v) is 7.84. The standard InChI is InChI=1S/C7H12O4S/c1-4-7(5-6(2)3)11-12(8,9)10/h1,6-7H,5H2,2-3H3,(H,8,9,10)/t7-/m0/s1. The summed E-state index contributed by atoms with van der Waals surface area (Å²) in [5.74, 6) is 2.34. The SMILES string of the molecule is C#C[C@@H](CC(C)C)OS(=O)(=O)O. The lowest BCUT2D eigenvalue weighted by atomic mass is 10.1. The van der Waals surface area contributed by atoms with Crippen LogP contribution in [0.4, 0.5) is 0 Å². The zero-order valence-electron chi connectivity index (χ0n) is 7.02. The van der Waals surface area contributed by atoms with Crippen molar-refractivity contribution in [2.45, 2.75) is 26.4 Å². The van der Waals surface area contributed by atoms with E-state index in [-0.39, 0.29) is 5.92 Å². The van der Waals surface area contributed by atoms with E-state index in [9.17, 15) is 8.42 Å². The molecule has 0 fully saturated rings. The molecule has 5 heteroatoms. The molecule has 0 aliphatic rings. The third kappa shape index (κ3) is 6.16. The third-order valence-electron chi connectivity index (χ3n) is 1.11. The van der Waals surface area contributed by atoms with Gasteiger partial charge in [0.05, 0.1) is 0 Å². The maximum Gasteiger partial charge on any atom is 0.398 e. The molecular weight excluding hydrogens is 180 g/mol. The van der Waals surface area contributed by atoms with E-state index in [1.165, 1.54) is 0 Å². The Labute approximate surface area is 72.9 Å². The normalized spacial score (nSPS) is 14.2. The van der Waals surface area contributed by atoms with Crippen LogP contribution >= 0.6 is 0 Å². The first-order valence-corrected chi connectivity index (χ1v) is 4.83. The minimum absolute atomic E-state index is 0.216. The molecule has 0 unspecified atom stereocenters. The van der Waals surface area contributed by atoms with Crippen molar-refractivity contribution in [3.05, 3.63) is 0 Å². The molecule has 70 valence electrons. The molecule has 0 aromatic carbocycles. The lowest BCUT2D eigenvalue weighted by Gasteiger charge is -2.10. The first kappa shape index (κ1) is 11.4. The molecule has 0 saturated heterocycles. The summed E-state index contributed by atoms with van der Waals surface area (Å²) in [5, 5.41) is 0. The molecule has 0 rings (SSSR count). The highest BCUT2D eigenvalue weighted by Crippen LogP contribution is 2.09. The van der Waals surface area contributed by atoms with Crippen molar-refractivity contribution in [3.8, 4) is 12.3 Å². The Morgan fingerprint density at radius 2 is 2.08 bits per heavy atom. The number of hydrogen-bond donors (Lipinski definition) is 1. The molecule has 4 nitrogen and oxygen atoms in total. The van der Waals surface area contributed by atoms with Crippen LogP contribution in [0, 0.1) is 18.3 Å². The molecule has 0 spiro atoms. The number of hydrogen-bond acceptors (Lipinski definition) is 3. The highest BCUT2D eigenvalue weighted by molar-refractivity contribution is 7.80. The van der Waals surface area contributed by atoms with Crippen molar-refractivity contribution in [2.75, 3.05) is 0 Å². The van der Waals surface area contributed by atoms with E-state index in [4.69, 9.17) is 11.0 Å². The molecule has 1 atom stereocenters. The van der Waals surface area contributed by atoms with Crippen LogP contribution in [-0.2, 0) is 14.6 Å². The van der Waals surface area contributed by atoms with E-state index in [0.29, 0.717) is 6.42 Å². The molecule has 0 aliphatic carbocycles. The molecule has 0 saturated carbocycles. The van der Waals surface area contributed by atoms with E-state index < -0.39 is 16.5 Å². The summed E-state index contributed by atoms with van der Waals surface area (Å²) in [6.45, 7) is 3.75. The van der Waals surface area contributed by atoms with Crippen molar-refractivity contribution < 1.29 is 17.2 Å². The molecule has 0 aromatic rings. The van der Waals surface area contributed by atoms with Gasteiger partial charge in [-0.15, -0.1) is 6.42 Å². The maximum absolute atomic E-state index is 10.2. The van der Waals surface area contributed by atoms with Gasteiger partial charge in [-0.2, -0.15) is 8.42 Å². The summed E-state index contributed by atoms with van der Waals surface area (Å²) < 4.78 is 32.9.